The van der Waals surface area contributed by atoms with Crippen LogP contribution in [-0.4, -0.2) is 10.8 Å². The van der Waals surface area contributed by atoms with E-state index in [1.165, 1.54) is 11.1 Å². The Morgan fingerprint density at radius 2 is 1.81 bits per heavy atom. The van der Waals surface area contributed by atoms with E-state index in [0.29, 0.717) is 0 Å². The van der Waals surface area contributed by atoms with Crippen LogP contribution in [0.1, 0.15) is 5.56 Å². The molecule has 2 aliphatic rings. The quantitative estimate of drug-likeness (QED) is 0.631. The summed E-state index contributed by atoms with van der Waals surface area (Å²) in [6.07, 6.45) is 12.8. The Morgan fingerprint density at radius 1 is 0.938 bits per heavy atom. The lowest BCUT2D eigenvalue weighted by atomic mass is 10.0. The van der Waals surface area contributed by atoms with Crippen molar-refractivity contribution >= 4 is 5.76 Å². The third kappa shape index (κ3) is 1.61. The Kier molecular flexibility index (Phi) is 2.22. The van der Waals surface area contributed by atoms with E-state index < -0.39 is 0 Å². The maximum absolute atomic E-state index is 4.73. The zero-order valence-corrected chi connectivity index (χ0v) is 8.88. The Morgan fingerprint density at radius 3 is 2.69 bits per heavy atom. The summed E-state index contributed by atoms with van der Waals surface area (Å²) >= 11 is 0. The van der Waals surface area contributed by atoms with E-state index in [1.807, 2.05) is 18.2 Å². The summed E-state index contributed by atoms with van der Waals surface area (Å²) in [5.41, 5.74) is 2.45. The van der Waals surface area contributed by atoms with Crippen molar-refractivity contribution in [3.8, 4) is 0 Å². The highest BCUT2D eigenvalue weighted by molar-refractivity contribution is 5.64. The highest BCUT2D eigenvalue weighted by Crippen LogP contribution is 2.25. The van der Waals surface area contributed by atoms with E-state index in [9.17, 15) is 0 Å². The number of hydrogen-bond acceptors (Lipinski definition) is 0. The van der Waals surface area contributed by atoms with Gasteiger partial charge in [-0.3, -0.25) is 0 Å². The van der Waals surface area contributed by atoms with Crippen molar-refractivity contribution in [2.24, 2.45) is 0 Å². The van der Waals surface area contributed by atoms with Gasteiger partial charge in [-0.05, 0) is 24.3 Å². The molecule has 1 unspecified atom stereocenters. The molecular weight excluding hydrogens is 196 g/mol. The van der Waals surface area contributed by atoms with Gasteiger partial charge in [-0.15, -0.1) is 0 Å². The van der Waals surface area contributed by atoms with Crippen LogP contribution < -0.4 is 0 Å². The van der Waals surface area contributed by atoms with Crippen molar-refractivity contribution in [2.75, 3.05) is 0 Å². The predicted octanol–water partition coefficient (Wildman–Crippen LogP) is 2.99. The van der Waals surface area contributed by atoms with Gasteiger partial charge in [-0.1, -0.05) is 30.4 Å². The molecule has 1 aromatic carbocycles. The average molecular weight is 209 g/mol. The standard InChI is InChI=1S/C15H12O/c1-2-6-12(7-3-1)15-11-10-13-8-4-5-9-14(13)16-15/h1-11,14H/p+1. The van der Waals surface area contributed by atoms with E-state index in [4.69, 9.17) is 4.74 Å². The molecular formula is C15H13O+. The van der Waals surface area contributed by atoms with Crippen molar-refractivity contribution in [1.29, 1.82) is 0 Å². The molecule has 0 bridgehead atoms. The Hall–Kier alpha value is -2.02. The van der Waals surface area contributed by atoms with Gasteiger partial charge in [-0.25, -0.2) is 0 Å². The van der Waals surface area contributed by atoms with Gasteiger partial charge in [0.15, 0.2) is 0 Å². The third-order valence-corrected chi connectivity index (χ3v) is 2.82. The first-order chi connectivity index (χ1) is 7.93. The maximum Gasteiger partial charge on any atom is 0.262 e. The second-order valence-electron chi connectivity index (χ2n) is 3.90. The summed E-state index contributed by atoms with van der Waals surface area (Å²) in [6.45, 7) is 0. The molecule has 0 aromatic heterocycles. The molecule has 1 aromatic rings. The number of aliphatic hydroxyl groups is 2. The summed E-state index contributed by atoms with van der Waals surface area (Å²) < 4.78 is 4.73. The number of rotatable bonds is 1. The highest BCUT2D eigenvalue weighted by Gasteiger charge is 2.22. The zero-order valence-electron chi connectivity index (χ0n) is 8.88. The van der Waals surface area contributed by atoms with Gasteiger partial charge in [0.25, 0.3) is 5.76 Å². The minimum atomic E-state index is 0.199. The van der Waals surface area contributed by atoms with Gasteiger partial charge >= 0.3 is 0 Å². The number of ether oxygens (including phenoxy) is 1. The van der Waals surface area contributed by atoms with Crippen LogP contribution in [0.3, 0.4) is 0 Å². The summed E-state index contributed by atoms with van der Waals surface area (Å²) in [5.74, 6) is 1.06. The fourth-order valence-corrected chi connectivity index (χ4v) is 1.97. The first-order valence-electron chi connectivity index (χ1n) is 5.46. The van der Waals surface area contributed by atoms with Gasteiger partial charge in [0.05, 0.1) is 5.56 Å². The van der Waals surface area contributed by atoms with Crippen LogP contribution in [0.4, 0.5) is 0 Å². The Labute approximate surface area is 95.1 Å². The topological polar surface area (TPSA) is 12.8 Å². The summed E-state index contributed by atoms with van der Waals surface area (Å²) in [7, 11) is 0. The molecule has 0 saturated carbocycles. The number of allylic oxidation sites excluding steroid dienone is 4. The highest BCUT2D eigenvalue weighted by atomic mass is 16.5. The van der Waals surface area contributed by atoms with Crippen molar-refractivity contribution in [2.45, 2.75) is 6.10 Å². The van der Waals surface area contributed by atoms with Crippen LogP contribution in [0, 0.1) is 0 Å². The van der Waals surface area contributed by atoms with Crippen molar-refractivity contribution in [3.05, 3.63) is 77.9 Å². The molecule has 78 valence electrons. The van der Waals surface area contributed by atoms with Crippen molar-refractivity contribution < 1.29 is 4.74 Å². The lowest BCUT2D eigenvalue weighted by Crippen LogP contribution is -2.19. The molecule has 1 heterocycles. The van der Waals surface area contributed by atoms with E-state index in [1.54, 1.807) is 0 Å². The molecule has 0 saturated heterocycles. The largest absolute Gasteiger partial charge is 0.574 e. The molecule has 0 fully saturated rings. The minimum absolute atomic E-state index is 0.199. The second-order valence-corrected chi connectivity index (χ2v) is 3.90. The van der Waals surface area contributed by atoms with Crippen molar-refractivity contribution in [3.63, 3.8) is 0 Å². The van der Waals surface area contributed by atoms with Gasteiger partial charge in [0.1, 0.15) is 0 Å². The fraction of sp³-hybridized carbons (Fsp3) is 0.0667. The average Bonchev–Trinajstić information content (AvgIpc) is 2.39. The lowest BCUT2D eigenvalue weighted by molar-refractivity contribution is 0.0613. The SMILES string of the molecule is C1=CC2=CC=C(c3ccccc3)[OH+]C2C=C1. The smallest absolute Gasteiger partial charge is 0.262 e. The first-order valence-corrected chi connectivity index (χ1v) is 5.46. The molecule has 1 atom stereocenters. The van der Waals surface area contributed by atoms with Crippen LogP contribution in [0.25, 0.3) is 5.76 Å². The van der Waals surface area contributed by atoms with Gasteiger partial charge in [0.2, 0.25) is 6.10 Å². The predicted molar refractivity (Wildman–Crippen MR) is 66.8 cm³/mol. The van der Waals surface area contributed by atoms with Crippen molar-refractivity contribution in [1.82, 2.24) is 0 Å². The van der Waals surface area contributed by atoms with E-state index in [0.717, 1.165) is 5.76 Å². The van der Waals surface area contributed by atoms with Crippen LogP contribution in [0.15, 0.2) is 72.4 Å². The van der Waals surface area contributed by atoms with E-state index >= 15 is 0 Å². The molecule has 1 heteroatoms. The van der Waals surface area contributed by atoms with Gasteiger partial charge in [-0.2, -0.15) is 0 Å². The zero-order chi connectivity index (χ0) is 10.8. The molecule has 1 N–H and O–H groups in total. The van der Waals surface area contributed by atoms with Crippen LogP contribution in [0.2, 0.25) is 0 Å². The van der Waals surface area contributed by atoms with E-state index in [-0.39, 0.29) is 6.10 Å². The first kappa shape index (κ1) is 9.22. The number of hydrogen-bond donors (Lipinski definition) is 0. The van der Waals surface area contributed by atoms with Crippen LogP contribution in [0.5, 0.6) is 0 Å². The van der Waals surface area contributed by atoms with Crippen LogP contribution >= 0.6 is 0 Å². The number of fused-ring (bicyclic) bond motifs is 1. The molecule has 0 spiro atoms. The second kappa shape index (κ2) is 3.86. The maximum atomic E-state index is 4.73. The molecule has 16 heavy (non-hydrogen) atoms. The molecule has 0 amide bonds. The van der Waals surface area contributed by atoms with Gasteiger partial charge in [0, 0.05) is 17.7 Å². The van der Waals surface area contributed by atoms with E-state index in [2.05, 4.69) is 48.6 Å². The summed E-state index contributed by atoms with van der Waals surface area (Å²) in [4.78, 5) is 0. The van der Waals surface area contributed by atoms with Crippen LogP contribution in [-0.2, 0) is 0 Å². The molecule has 0 radical (unpaired) electrons. The Bertz CT molecular complexity index is 503. The fourth-order valence-electron chi connectivity index (χ4n) is 1.97. The monoisotopic (exact) mass is 209 g/mol. The molecule has 3 rings (SSSR count). The third-order valence-electron chi connectivity index (χ3n) is 2.82. The minimum Gasteiger partial charge on any atom is -0.574 e. The normalized spacial score (nSPS) is 21.9. The molecule has 1 aliphatic heterocycles. The number of benzene rings is 1. The molecule has 1 nitrogen and oxygen atoms in total. The summed E-state index contributed by atoms with van der Waals surface area (Å²) in [5, 5.41) is 0. The Balaban J connectivity index is 1.95. The summed E-state index contributed by atoms with van der Waals surface area (Å²) in [6, 6.07) is 10.3. The lowest BCUT2D eigenvalue weighted by Gasteiger charge is -2.21. The molecule has 1 aliphatic carbocycles. The van der Waals surface area contributed by atoms with Gasteiger partial charge < -0.3 is 4.74 Å².